The number of methoxy groups -OCH3 is 1. The Balaban J connectivity index is 2.00. The van der Waals surface area contributed by atoms with Crippen molar-refractivity contribution >= 4 is 28.9 Å². The van der Waals surface area contributed by atoms with Crippen molar-refractivity contribution in [2.24, 2.45) is 4.99 Å². The summed E-state index contributed by atoms with van der Waals surface area (Å²) in [6.07, 6.45) is 0. The summed E-state index contributed by atoms with van der Waals surface area (Å²) < 4.78 is 6.97. The molecule has 0 aliphatic rings. The Morgan fingerprint density at radius 2 is 1.76 bits per heavy atom. The van der Waals surface area contributed by atoms with Crippen LogP contribution in [0.25, 0.3) is 0 Å². The van der Waals surface area contributed by atoms with Gasteiger partial charge in [0.25, 0.3) is 0 Å². The van der Waals surface area contributed by atoms with Gasteiger partial charge >= 0.3 is 0 Å². The molecule has 3 aromatic rings. The second-order valence-electron chi connectivity index (χ2n) is 5.65. The fourth-order valence-electron chi connectivity index (χ4n) is 2.30. The summed E-state index contributed by atoms with van der Waals surface area (Å²) in [6.45, 7) is 4.03. The van der Waals surface area contributed by atoms with Gasteiger partial charge in [0.15, 0.2) is 0 Å². The number of aryl methyl sites for hydroxylation is 2. The fraction of sp³-hybridized carbons (Fsp3) is 0.158. The summed E-state index contributed by atoms with van der Waals surface area (Å²) in [6, 6.07) is 17.4. The summed E-state index contributed by atoms with van der Waals surface area (Å²) in [5, 5.41) is 11.5. The third-order valence-corrected chi connectivity index (χ3v) is 4.56. The van der Waals surface area contributed by atoms with Gasteiger partial charge in [-0.15, -0.1) is 0 Å². The molecule has 25 heavy (non-hydrogen) atoms. The fourth-order valence-corrected chi connectivity index (χ4v) is 3.07. The molecule has 1 heterocycles. The summed E-state index contributed by atoms with van der Waals surface area (Å²) in [5.41, 5.74) is 3.29. The number of aromatic nitrogens is 1. The van der Waals surface area contributed by atoms with Crippen LogP contribution in [-0.4, -0.2) is 17.0 Å². The normalized spacial score (nSPS) is 11.4. The van der Waals surface area contributed by atoms with Crippen LogP contribution in [0.1, 0.15) is 10.4 Å². The molecule has 6 heteroatoms. The molecule has 0 saturated heterocycles. The summed E-state index contributed by atoms with van der Waals surface area (Å²) in [5.74, 6) is 1.39. The molecule has 0 aliphatic heterocycles. The minimum Gasteiger partial charge on any atom is -0.497 e. The van der Waals surface area contributed by atoms with Crippen LogP contribution < -0.4 is 15.5 Å². The predicted molar refractivity (Wildman–Crippen MR) is 103 cm³/mol. The van der Waals surface area contributed by atoms with Gasteiger partial charge in [0.1, 0.15) is 11.2 Å². The van der Waals surface area contributed by atoms with E-state index in [-0.39, 0.29) is 0 Å². The second-order valence-corrected chi connectivity index (χ2v) is 6.84. The molecule has 3 rings (SSSR count). The van der Waals surface area contributed by atoms with E-state index in [1.165, 1.54) is 17.1 Å². The van der Waals surface area contributed by atoms with Gasteiger partial charge in [0, 0.05) is 10.6 Å². The van der Waals surface area contributed by atoms with E-state index in [4.69, 9.17) is 15.1 Å². The number of hydrogen-bond acceptors (Lipinski definition) is 4. The van der Waals surface area contributed by atoms with Crippen molar-refractivity contribution in [1.82, 2.24) is 3.96 Å². The number of anilines is 1. The topological polar surface area (TPSA) is 62.4 Å². The van der Waals surface area contributed by atoms with E-state index < -0.39 is 0 Å². The highest BCUT2D eigenvalue weighted by Crippen LogP contribution is 2.18. The second kappa shape index (κ2) is 7.36. The van der Waals surface area contributed by atoms with Gasteiger partial charge in [-0.3, -0.25) is 5.41 Å². The van der Waals surface area contributed by atoms with Gasteiger partial charge in [0.2, 0.25) is 5.96 Å². The maximum absolute atomic E-state index is 8.18. The van der Waals surface area contributed by atoms with Crippen LogP contribution in [0.2, 0.25) is 0 Å². The lowest BCUT2D eigenvalue weighted by atomic mass is 10.2. The van der Waals surface area contributed by atoms with E-state index in [9.17, 15) is 0 Å². The Kier molecular flexibility index (Phi) is 5.00. The van der Waals surface area contributed by atoms with E-state index in [1.54, 1.807) is 11.1 Å². The van der Waals surface area contributed by atoms with E-state index in [2.05, 4.69) is 5.32 Å². The molecular formula is C19H20N4OS. The standard InChI is InChI=1S/C19H20N4OS/c1-13-4-6-15(7-5-13)21-19(23-18(20)12-14(2)25-23)22-16-8-10-17(24-3)11-9-16/h4-12,20H,1-3H3,(H,21,22). The molecule has 2 aromatic carbocycles. The first-order chi connectivity index (χ1) is 12.0. The molecule has 0 bridgehead atoms. The first-order valence-corrected chi connectivity index (χ1v) is 8.64. The van der Waals surface area contributed by atoms with E-state index in [0.717, 1.165) is 22.0 Å². The summed E-state index contributed by atoms with van der Waals surface area (Å²) in [7, 11) is 1.64. The summed E-state index contributed by atoms with van der Waals surface area (Å²) in [4.78, 5) is 5.76. The van der Waals surface area contributed by atoms with E-state index >= 15 is 0 Å². The molecular weight excluding hydrogens is 332 g/mol. The summed E-state index contributed by atoms with van der Waals surface area (Å²) >= 11 is 1.48. The maximum atomic E-state index is 8.18. The van der Waals surface area contributed by atoms with Crippen LogP contribution in [0.3, 0.4) is 0 Å². The molecule has 0 unspecified atom stereocenters. The highest BCUT2D eigenvalue weighted by Gasteiger charge is 2.08. The van der Waals surface area contributed by atoms with Crippen molar-refractivity contribution in [3.63, 3.8) is 0 Å². The van der Waals surface area contributed by atoms with Crippen LogP contribution in [0.4, 0.5) is 11.4 Å². The van der Waals surface area contributed by atoms with Crippen molar-refractivity contribution in [3.8, 4) is 5.75 Å². The quantitative estimate of drug-likeness (QED) is 0.545. The SMILES string of the molecule is COc1ccc(NC(=Nc2ccc(C)cc2)n2sc(C)cc2=N)cc1. The number of aliphatic imine (C=N–C) groups is 1. The average molecular weight is 352 g/mol. The van der Waals surface area contributed by atoms with Gasteiger partial charge in [-0.25, -0.2) is 8.95 Å². The minimum absolute atomic E-state index is 0.398. The monoisotopic (exact) mass is 352 g/mol. The molecule has 0 atom stereocenters. The smallest absolute Gasteiger partial charge is 0.223 e. The number of hydrogen-bond donors (Lipinski definition) is 2. The lowest BCUT2D eigenvalue weighted by Crippen LogP contribution is -2.28. The van der Waals surface area contributed by atoms with E-state index in [1.807, 2.05) is 68.4 Å². The van der Waals surface area contributed by atoms with E-state index in [0.29, 0.717) is 11.4 Å². The Labute approximate surface area is 150 Å². The highest BCUT2D eigenvalue weighted by molar-refractivity contribution is 7.07. The predicted octanol–water partition coefficient (Wildman–Crippen LogP) is 4.30. The first-order valence-electron chi connectivity index (χ1n) is 7.86. The molecule has 128 valence electrons. The van der Waals surface area contributed by atoms with Crippen LogP contribution in [-0.2, 0) is 0 Å². The third-order valence-electron chi connectivity index (χ3n) is 3.60. The van der Waals surface area contributed by atoms with Crippen LogP contribution in [0.5, 0.6) is 5.75 Å². The Morgan fingerprint density at radius 1 is 1.08 bits per heavy atom. The van der Waals surface area contributed by atoms with Gasteiger partial charge < -0.3 is 10.1 Å². The zero-order chi connectivity index (χ0) is 17.8. The van der Waals surface area contributed by atoms with Gasteiger partial charge in [0.05, 0.1) is 12.8 Å². The van der Waals surface area contributed by atoms with Gasteiger partial charge in [-0.2, -0.15) is 0 Å². The van der Waals surface area contributed by atoms with Crippen molar-refractivity contribution in [2.75, 3.05) is 12.4 Å². The Morgan fingerprint density at radius 3 is 2.32 bits per heavy atom. The third kappa shape index (κ3) is 4.16. The minimum atomic E-state index is 0.398. The Bertz CT molecular complexity index is 937. The number of nitrogens with zero attached hydrogens (tertiary/aromatic N) is 2. The molecule has 0 amide bonds. The molecule has 0 fully saturated rings. The lowest BCUT2D eigenvalue weighted by Gasteiger charge is -2.11. The molecule has 0 spiro atoms. The lowest BCUT2D eigenvalue weighted by molar-refractivity contribution is 0.415. The molecule has 1 aromatic heterocycles. The van der Waals surface area contributed by atoms with Crippen LogP contribution in [0, 0.1) is 19.3 Å². The number of benzene rings is 2. The van der Waals surface area contributed by atoms with Gasteiger partial charge in [-0.05, 0) is 56.3 Å². The molecule has 2 N–H and O–H groups in total. The largest absolute Gasteiger partial charge is 0.497 e. The Hall–Kier alpha value is -2.86. The van der Waals surface area contributed by atoms with Crippen LogP contribution >= 0.6 is 11.5 Å². The van der Waals surface area contributed by atoms with Crippen molar-refractivity contribution in [3.05, 3.63) is 70.5 Å². The first kappa shape index (κ1) is 17.0. The average Bonchev–Trinajstić information content (AvgIpc) is 2.95. The maximum Gasteiger partial charge on any atom is 0.223 e. The number of rotatable bonds is 3. The van der Waals surface area contributed by atoms with Crippen molar-refractivity contribution in [2.45, 2.75) is 13.8 Å². The van der Waals surface area contributed by atoms with Gasteiger partial charge in [-0.1, -0.05) is 29.2 Å². The number of ether oxygens (including phenoxy) is 1. The molecule has 0 aliphatic carbocycles. The van der Waals surface area contributed by atoms with Crippen molar-refractivity contribution < 1.29 is 4.74 Å². The molecule has 0 saturated carbocycles. The van der Waals surface area contributed by atoms with Crippen molar-refractivity contribution in [1.29, 1.82) is 5.41 Å². The zero-order valence-corrected chi connectivity index (χ0v) is 15.2. The molecule has 0 radical (unpaired) electrons. The zero-order valence-electron chi connectivity index (χ0n) is 14.4. The van der Waals surface area contributed by atoms with Crippen LogP contribution in [0.15, 0.2) is 59.6 Å². The number of nitrogens with one attached hydrogen (secondary N) is 2. The highest BCUT2D eigenvalue weighted by atomic mass is 32.1. The molecule has 5 nitrogen and oxygen atoms in total.